The highest BCUT2D eigenvalue weighted by atomic mass is 16.2. The van der Waals surface area contributed by atoms with Gasteiger partial charge in [0, 0.05) is 13.1 Å². The maximum atomic E-state index is 12.3. The summed E-state index contributed by atoms with van der Waals surface area (Å²) in [5.74, 6) is 0.179. The molecule has 0 unspecified atom stereocenters. The summed E-state index contributed by atoms with van der Waals surface area (Å²) in [5.41, 5.74) is 8.56. The molecule has 1 aromatic heterocycles. The second-order valence-electron chi connectivity index (χ2n) is 4.41. The Labute approximate surface area is 105 Å². The molecule has 0 radical (unpaired) electrons. The van der Waals surface area contributed by atoms with Crippen LogP contribution in [0.1, 0.15) is 21.6 Å². The maximum absolute atomic E-state index is 12.3. The highest BCUT2D eigenvalue weighted by molar-refractivity contribution is 5.96. The number of hydrogen-bond acceptors (Lipinski definition) is 3. The molecule has 2 heterocycles. The Hall–Kier alpha value is -2.30. The fraction of sp³-hybridized carbons (Fsp3) is 0.231. The van der Waals surface area contributed by atoms with Gasteiger partial charge in [0.1, 0.15) is 5.69 Å². The van der Waals surface area contributed by atoms with Crippen LogP contribution in [0.25, 0.3) is 0 Å². The van der Waals surface area contributed by atoms with Crippen molar-refractivity contribution in [1.82, 2.24) is 14.9 Å². The first-order valence-electron chi connectivity index (χ1n) is 5.90. The third-order valence-electron chi connectivity index (χ3n) is 3.30. The highest BCUT2D eigenvalue weighted by Crippen LogP contribution is 2.20. The zero-order chi connectivity index (χ0) is 12.5. The van der Waals surface area contributed by atoms with Crippen molar-refractivity contribution in [2.75, 3.05) is 12.3 Å². The predicted octanol–water partition coefficient (Wildman–Crippen LogP) is 1.19. The number of rotatable bonds is 1. The Morgan fingerprint density at radius 1 is 1.33 bits per heavy atom. The van der Waals surface area contributed by atoms with E-state index in [1.165, 1.54) is 17.5 Å². The van der Waals surface area contributed by atoms with Crippen LogP contribution in [0.15, 0.2) is 30.6 Å². The summed E-state index contributed by atoms with van der Waals surface area (Å²) in [6, 6.07) is 8.20. The summed E-state index contributed by atoms with van der Waals surface area (Å²) < 4.78 is 0. The molecule has 1 aromatic carbocycles. The lowest BCUT2D eigenvalue weighted by molar-refractivity contribution is 0.0730. The summed E-state index contributed by atoms with van der Waals surface area (Å²) in [4.78, 5) is 20.7. The molecular formula is C13H14N4O. The number of hydrogen-bond donors (Lipinski definition) is 2. The van der Waals surface area contributed by atoms with Gasteiger partial charge in [-0.05, 0) is 17.5 Å². The number of fused-ring (bicyclic) bond motifs is 1. The van der Waals surface area contributed by atoms with Gasteiger partial charge in [-0.25, -0.2) is 4.98 Å². The van der Waals surface area contributed by atoms with Crippen LogP contribution < -0.4 is 5.73 Å². The van der Waals surface area contributed by atoms with Crippen molar-refractivity contribution in [3.05, 3.63) is 47.4 Å². The Balaban J connectivity index is 1.84. The Morgan fingerprint density at radius 2 is 2.11 bits per heavy atom. The molecule has 3 N–H and O–H groups in total. The van der Waals surface area contributed by atoms with E-state index in [1.807, 2.05) is 12.1 Å². The number of nitrogen functional groups attached to an aromatic ring is 1. The predicted molar refractivity (Wildman–Crippen MR) is 67.9 cm³/mol. The van der Waals surface area contributed by atoms with Crippen LogP contribution >= 0.6 is 0 Å². The van der Waals surface area contributed by atoms with Crippen molar-refractivity contribution in [2.24, 2.45) is 0 Å². The van der Waals surface area contributed by atoms with E-state index in [4.69, 9.17) is 5.73 Å². The van der Waals surface area contributed by atoms with Crippen molar-refractivity contribution in [1.29, 1.82) is 0 Å². The average molecular weight is 242 g/mol. The van der Waals surface area contributed by atoms with E-state index in [1.54, 1.807) is 4.90 Å². The molecule has 0 saturated carbocycles. The van der Waals surface area contributed by atoms with Crippen LogP contribution in [0, 0.1) is 0 Å². The van der Waals surface area contributed by atoms with Gasteiger partial charge >= 0.3 is 0 Å². The van der Waals surface area contributed by atoms with Crippen LogP contribution in [0.4, 0.5) is 5.82 Å². The van der Waals surface area contributed by atoms with E-state index in [0.717, 1.165) is 6.42 Å². The smallest absolute Gasteiger partial charge is 0.274 e. The van der Waals surface area contributed by atoms with Crippen molar-refractivity contribution in [2.45, 2.75) is 13.0 Å². The molecule has 0 bridgehead atoms. The number of aromatic nitrogens is 2. The first kappa shape index (κ1) is 10.8. The summed E-state index contributed by atoms with van der Waals surface area (Å²) in [5, 5.41) is 0. The molecule has 0 aliphatic carbocycles. The van der Waals surface area contributed by atoms with Gasteiger partial charge in [0.05, 0.1) is 6.33 Å². The minimum Gasteiger partial charge on any atom is -0.382 e. The third kappa shape index (κ3) is 1.73. The Kier molecular flexibility index (Phi) is 2.51. The molecule has 2 aromatic rings. The molecule has 0 saturated heterocycles. The Bertz CT molecular complexity index is 590. The minimum atomic E-state index is -0.0838. The SMILES string of the molecule is Nc1nc[nH]c1C(=O)N1CCc2ccccc2C1. The number of nitrogens with zero attached hydrogens (tertiary/aromatic N) is 2. The van der Waals surface area contributed by atoms with Crippen molar-refractivity contribution in [3.63, 3.8) is 0 Å². The normalized spacial score (nSPS) is 14.3. The number of carbonyl (C=O) groups is 1. The zero-order valence-electron chi connectivity index (χ0n) is 9.89. The summed E-state index contributed by atoms with van der Waals surface area (Å²) in [7, 11) is 0. The monoisotopic (exact) mass is 242 g/mol. The number of anilines is 1. The van der Waals surface area contributed by atoms with Gasteiger partial charge in [-0.2, -0.15) is 0 Å². The molecule has 5 nitrogen and oxygen atoms in total. The third-order valence-corrected chi connectivity index (χ3v) is 3.30. The van der Waals surface area contributed by atoms with E-state index in [9.17, 15) is 4.79 Å². The number of carbonyl (C=O) groups excluding carboxylic acids is 1. The first-order valence-corrected chi connectivity index (χ1v) is 5.90. The molecule has 1 amide bonds. The van der Waals surface area contributed by atoms with Gasteiger partial charge < -0.3 is 15.6 Å². The zero-order valence-corrected chi connectivity index (χ0v) is 9.89. The molecule has 1 aliphatic rings. The second-order valence-corrected chi connectivity index (χ2v) is 4.41. The topological polar surface area (TPSA) is 75.0 Å². The molecule has 1 aliphatic heterocycles. The molecule has 92 valence electrons. The molecular weight excluding hydrogens is 228 g/mol. The van der Waals surface area contributed by atoms with Gasteiger partial charge in [0.2, 0.25) is 0 Å². The van der Waals surface area contributed by atoms with Gasteiger partial charge in [-0.3, -0.25) is 4.79 Å². The van der Waals surface area contributed by atoms with Gasteiger partial charge in [-0.15, -0.1) is 0 Å². The van der Waals surface area contributed by atoms with Crippen molar-refractivity contribution in [3.8, 4) is 0 Å². The number of aromatic amines is 1. The number of nitrogens with two attached hydrogens (primary N) is 1. The van der Waals surface area contributed by atoms with Gasteiger partial charge in [0.15, 0.2) is 5.82 Å². The highest BCUT2D eigenvalue weighted by Gasteiger charge is 2.23. The lowest BCUT2D eigenvalue weighted by Gasteiger charge is -2.28. The molecule has 18 heavy (non-hydrogen) atoms. The lowest BCUT2D eigenvalue weighted by atomic mass is 10.00. The molecule has 3 rings (SSSR count). The molecule has 0 fully saturated rings. The fourth-order valence-corrected chi connectivity index (χ4v) is 2.30. The molecule has 0 atom stereocenters. The summed E-state index contributed by atoms with van der Waals surface area (Å²) >= 11 is 0. The summed E-state index contributed by atoms with van der Waals surface area (Å²) in [6.07, 6.45) is 2.33. The second kappa shape index (κ2) is 4.18. The van der Waals surface area contributed by atoms with Crippen molar-refractivity contribution < 1.29 is 4.79 Å². The number of amides is 1. The fourth-order valence-electron chi connectivity index (χ4n) is 2.30. The van der Waals surface area contributed by atoms with Crippen LogP contribution in [-0.2, 0) is 13.0 Å². The first-order chi connectivity index (χ1) is 8.75. The Morgan fingerprint density at radius 3 is 2.83 bits per heavy atom. The van der Waals surface area contributed by atoms with Crippen LogP contribution in [0.3, 0.4) is 0 Å². The average Bonchev–Trinajstić information content (AvgIpc) is 2.83. The minimum absolute atomic E-state index is 0.0838. The molecule has 0 spiro atoms. The van der Waals surface area contributed by atoms with E-state index in [-0.39, 0.29) is 11.7 Å². The van der Waals surface area contributed by atoms with Gasteiger partial charge in [0.25, 0.3) is 5.91 Å². The van der Waals surface area contributed by atoms with Crippen molar-refractivity contribution >= 4 is 11.7 Å². The van der Waals surface area contributed by atoms with E-state index >= 15 is 0 Å². The summed E-state index contributed by atoms with van der Waals surface area (Å²) in [6.45, 7) is 1.35. The lowest BCUT2D eigenvalue weighted by Crippen LogP contribution is -2.36. The van der Waals surface area contributed by atoms with E-state index in [0.29, 0.717) is 18.8 Å². The number of imidazole rings is 1. The van der Waals surface area contributed by atoms with E-state index in [2.05, 4.69) is 22.1 Å². The van der Waals surface area contributed by atoms with Crippen LogP contribution in [0.2, 0.25) is 0 Å². The van der Waals surface area contributed by atoms with Crippen LogP contribution in [-0.4, -0.2) is 27.3 Å². The number of nitrogens with one attached hydrogen (secondary N) is 1. The largest absolute Gasteiger partial charge is 0.382 e. The van der Waals surface area contributed by atoms with Gasteiger partial charge in [-0.1, -0.05) is 24.3 Å². The van der Waals surface area contributed by atoms with E-state index < -0.39 is 0 Å². The number of H-pyrrole nitrogens is 1. The molecule has 5 heteroatoms. The van der Waals surface area contributed by atoms with Crippen LogP contribution in [0.5, 0.6) is 0 Å². The quantitative estimate of drug-likeness (QED) is 0.788. The number of benzene rings is 1. The standard InChI is InChI=1S/C13H14N4O/c14-12-11(15-8-16-12)13(18)17-6-5-9-3-1-2-4-10(9)7-17/h1-4,8H,5-7,14H2,(H,15,16). The maximum Gasteiger partial charge on any atom is 0.274 e.